The number of nitrogens with two attached hydrogens (primary N) is 1. The molecule has 0 fully saturated rings. The lowest BCUT2D eigenvalue weighted by Gasteiger charge is -2.19. The van der Waals surface area contributed by atoms with Gasteiger partial charge in [-0.05, 0) is 61.4 Å². The van der Waals surface area contributed by atoms with Crippen LogP contribution >= 0.6 is 0 Å². The van der Waals surface area contributed by atoms with Crippen LogP contribution in [0.3, 0.4) is 0 Å². The summed E-state index contributed by atoms with van der Waals surface area (Å²) in [5.41, 5.74) is 11.9. The molecule has 164 valence electrons. The number of nitrogens with one attached hydrogen (secondary N) is 1. The second kappa shape index (κ2) is 7.76. The minimum Gasteiger partial charge on any atom is -0.350 e. The van der Waals surface area contributed by atoms with Crippen LogP contribution in [0.25, 0.3) is 28.3 Å². The maximum Gasteiger partial charge on any atom is 0.251 e. The van der Waals surface area contributed by atoms with Crippen molar-refractivity contribution in [2.24, 2.45) is 5.73 Å². The molecule has 0 saturated carbocycles. The van der Waals surface area contributed by atoms with E-state index in [1.165, 1.54) is 0 Å². The van der Waals surface area contributed by atoms with Crippen molar-refractivity contribution < 1.29 is 4.79 Å². The number of hydrogen-bond acceptors (Lipinski definition) is 4. The number of imidazole rings is 1. The average molecular weight is 437 g/mol. The van der Waals surface area contributed by atoms with Gasteiger partial charge in [0.25, 0.3) is 5.91 Å². The Hall–Kier alpha value is -4.15. The summed E-state index contributed by atoms with van der Waals surface area (Å²) in [6.45, 7) is 4.76. The van der Waals surface area contributed by atoms with E-state index in [-0.39, 0.29) is 5.91 Å². The second-order valence-electron chi connectivity index (χ2n) is 9.07. The summed E-state index contributed by atoms with van der Waals surface area (Å²) < 4.78 is 4.21. The lowest BCUT2D eigenvalue weighted by atomic mass is 10.1. The first-order valence-corrected chi connectivity index (χ1v) is 10.8. The standard InChI is InChI=1S/C26H24N6O/c1-26(2,28)16-30-25(33)19-7-8-22-21(11-19)15-31-14-20(18-5-3-17(13-27)4-6-18)12-23(31)24-29-9-10-32(22)24/h3-12,14H,15-16,28H2,1-2H3,(H,30,33). The molecule has 0 radical (unpaired) electrons. The van der Waals surface area contributed by atoms with Gasteiger partial charge in [-0.25, -0.2) is 4.98 Å². The molecule has 2 aromatic heterocycles. The molecule has 5 rings (SSSR count). The van der Waals surface area contributed by atoms with Gasteiger partial charge >= 0.3 is 0 Å². The lowest BCUT2D eigenvalue weighted by molar-refractivity contribution is 0.0946. The van der Waals surface area contributed by atoms with Crippen LogP contribution in [0.15, 0.2) is 67.1 Å². The predicted octanol–water partition coefficient (Wildman–Crippen LogP) is 3.71. The molecule has 3 heterocycles. The van der Waals surface area contributed by atoms with Gasteiger partial charge in [-0.15, -0.1) is 0 Å². The van der Waals surface area contributed by atoms with Crippen LogP contribution in [-0.2, 0) is 6.54 Å². The summed E-state index contributed by atoms with van der Waals surface area (Å²) in [5, 5.41) is 12.0. The fraction of sp³-hybridized carbons (Fsp3) is 0.192. The molecular formula is C26H24N6O. The third-order valence-corrected chi connectivity index (χ3v) is 5.76. The van der Waals surface area contributed by atoms with E-state index < -0.39 is 5.54 Å². The second-order valence-corrected chi connectivity index (χ2v) is 9.07. The van der Waals surface area contributed by atoms with E-state index in [9.17, 15) is 4.79 Å². The number of carbonyl (C=O) groups is 1. The van der Waals surface area contributed by atoms with Crippen LogP contribution in [0.4, 0.5) is 0 Å². The minimum absolute atomic E-state index is 0.141. The Labute approximate surface area is 192 Å². The molecule has 1 aliphatic heterocycles. The Kier molecular flexibility index (Phi) is 4.88. The summed E-state index contributed by atoms with van der Waals surface area (Å²) in [6, 6.07) is 17.6. The molecule has 1 amide bonds. The zero-order valence-electron chi connectivity index (χ0n) is 18.5. The Morgan fingerprint density at radius 3 is 2.70 bits per heavy atom. The Balaban J connectivity index is 1.53. The molecule has 0 bridgehead atoms. The van der Waals surface area contributed by atoms with Gasteiger partial charge in [0.05, 0.1) is 23.0 Å². The maximum absolute atomic E-state index is 12.7. The highest BCUT2D eigenvalue weighted by Crippen LogP contribution is 2.34. The van der Waals surface area contributed by atoms with Crippen LogP contribution in [0.5, 0.6) is 0 Å². The fourth-order valence-corrected chi connectivity index (χ4v) is 4.09. The number of hydrogen-bond donors (Lipinski definition) is 2. The van der Waals surface area contributed by atoms with Crippen LogP contribution in [0.1, 0.15) is 35.3 Å². The van der Waals surface area contributed by atoms with Crippen molar-refractivity contribution in [1.29, 1.82) is 5.26 Å². The summed E-state index contributed by atoms with van der Waals surface area (Å²) in [5.74, 6) is 0.702. The highest BCUT2D eigenvalue weighted by atomic mass is 16.1. The van der Waals surface area contributed by atoms with E-state index in [0.29, 0.717) is 24.2 Å². The molecule has 4 aromatic rings. The van der Waals surface area contributed by atoms with E-state index in [1.807, 2.05) is 62.5 Å². The summed E-state index contributed by atoms with van der Waals surface area (Å²) >= 11 is 0. The van der Waals surface area contributed by atoms with Crippen molar-refractivity contribution in [3.8, 4) is 34.4 Å². The van der Waals surface area contributed by atoms with Crippen LogP contribution in [0.2, 0.25) is 0 Å². The van der Waals surface area contributed by atoms with E-state index in [4.69, 9.17) is 11.0 Å². The molecule has 7 nitrogen and oxygen atoms in total. The topological polar surface area (TPSA) is 102 Å². The predicted molar refractivity (Wildman–Crippen MR) is 127 cm³/mol. The van der Waals surface area contributed by atoms with Crippen LogP contribution in [0, 0.1) is 11.3 Å². The first kappa shape index (κ1) is 20.7. The Bertz CT molecular complexity index is 1400. The highest BCUT2D eigenvalue weighted by molar-refractivity contribution is 5.94. The van der Waals surface area contributed by atoms with Gasteiger partial charge in [0.1, 0.15) is 0 Å². The van der Waals surface area contributed by atoms with Gasteiger partial charge in [0.2, 0.25) is 0 Å². The monoisotopic (exact) mass is 436 g/mol. The summed E-state index contributed by atoms with van der Waals surface area (Å²) in [7, 11) is 0. The number of aromatic nitrogens is 3. The van der Waals surface area contributed by atoms with Gasteiger partial charge in [-0.1, -0.05) is 12.1 Å². The number of amides is 1. The molecular weight excluding hydrogens is 412 g/mol. The highest BCUT2D eigenvalue weighted by Gasteiger charge is 2.22. The van der Waals surface area contributed by atoms with Crippen molar-refractivity contribution in [3.63, 3.8) is 0 Å². The molecule has 0 spiro atoms. The molecule has 0 aliphatic carbocycles. The molecule has 3 N–H and O–H groups in total. The third-order valence-electron chi connectivity index (χ3n) is 5.76. The third kappa shape index (κ3) is 3.93. The van der Waals surface area contributed by atoms with Gasteiger partial charge in [-0.3, -0.25) is 9.36 Å². The fourth-order valence-electron chi connectivity index (χ4n) is 4.09. The van der Waals surface area contributed by atoms with Crippen molar-refractivity contribution >= 4 is 5.91 Å². The van der Waals surface area contributed by atoms with E-state index in [1.54, 1.807) is 6.20 Å². The van der Waals surface area contributed by atoms with Crippen LogP contribution < -0.4 is 11.1 Å². The zero-order chi connectivity index (χ0) is 23.2. The first-order chi connectivity index (χ1) is 15.8. The molecule has 2 aromatic carbocycles. The maximum atomic E-state index is 12.7. The average Bonchev–Trinajstić information content (AvgIpc) is 3.42. The molecule has 0 atom stereocenters. The number of fused-ring (bicyclic) bond motifs is 5. The van der Waals surface area contributed by atoms with E-state index in [2.05, 4.69) is 37.8 Å². The van der Waals surface area contributed by atoms with Crippen molar-refractivity contribution in [3.05, 3.63) is 83.8 Å². The number of nitrogens with zero attached hydrogens (tertiary/aromatic N) is 4. The summed E-state index contributed by atoms with van der Waals surface area (Å²) in [4.78, 5) is 17.3. The number of nitriles is 1. The molecule has 7 heteroatoms. The van der Waals surface area contributed by atoms with E-state index >= 15 is 0 Å². The van der Waals surface area contributed by atoms with Crippen LogP contribution in [-0.4, -0.2) is 32.1 Å². The molecule has 33 heavy (non-hydrogen) atoms. The normalized spacial score (nSPS) is 12.2. The van der Waals surface area contributed by atoms with Gasteiger partial charge in [0.15, 0.2) is 5.82 Å². The van der Waals surface area contributed by atoms with E-state index in [0.717, 1.165) is 33.9 Å². The summed E-state index contributed by atoms with van der Waals surface area (Å²) in [6.07, 6.45) is 5.82. The Morgan fingerprint density at radius 1 is 1.18 bits per heavy atom. The quantitative estimate of drug-likeness (QED) is 0.448. The number of carbonyl (C=O) groups excluding carboxylic acids is 1. The molecule has 0 saturated heterocycles. The molecule has 1 aliphatic rings. The van der Waals surface area contributed by atoms with Gasteiger partial charge in [-0.2, -0.15) is 5.26 Å². The number of benzene rings is 2. The largest absolute Gasteiger partial charge is 0.350 e. The Morgan fingerprint density at radius 2 is 1.97 bits per heavy atom. The minimum atomic E-state index is -0.477. The van der Waals surface area contributed by atoms with Gasteiger partial charge in [0, 0.05) is 48.3 Å². The zero-order valence-corrected chi connectivity index (χ0v) is 18.5. The SMILES string of the molecule is CC(C)(N)CNC(=O)c1ccc2c(c1)Cn1cc(-c3ccc(C#N)cc3)cc1-c1nccn1-2. The molecule has 0 unspecified atom stereocenters. The lowest BCUT2D eigenvalue weighted by Crippen LogP contribution is -2.45. The number of rotatable bonds is 4. The van der Waals surface area contributed by atoms with Crippen molar-refractivity contribution in [2.45, 2.75) is 25.9 Å². The first-order valence-electron chi connectivity index (χ1n) is 10.8. The smallest absolute Gasteiger partial charge is 0.251 e. The van der Waals surface area contributed by atoms with Crippen molar-refractivity contribution in [2.75, 3.05) is 6.54 Å². The van der Waals surface area contributed by atoms with Crippen molar-refractivity contribution in [1.82, 2.24) is 19.4 Å². The van der Waals surface area contributed by atoms with Gasteiger partial charge < -0.3 is 15.6 Å².